The molecule has 1 saturated carbocycles. The Labute approximate surface area is 208 Å². The Kier molecular flexibility index (Phi) is 9.85. The van der Waals surface area contributed by atoms with Crippen molar-refractivity contribution >= 4 is 29.7 Å². The van der Waals surface area contributed by atoms with Crippen molar-refractivity contribution in [3.63, 3.8) is 0 Å². The van der Waals surface area contributed by atoms with E-state index in [1.54, 1.807) is 37.4 Å². The summed E-state index contributed by atoms with van der Waals surface area (Å²) in [6.07, 6.45) is 3.46. The van der Waals surface area contributed by atoms with Gasteiger partial charge < -0.3 is 20.3 Å². The number of benzene rings is 1. The number of carbonyl (C=O) groups excluding carboxylic acids is 3. The van der Waals surface area contributed by atoms with Crippen molar-refractivity contribution in [2.75, 3.05) is 12.0 Å². The SMILES string of the molecule is CSCCC(NC(=O)OC(C)(C)C)C(=O)N(C1CC1)C(C(=O)NC(C)C)c1ccc(C)cc1C. The van der Waals surface area contributed by atoms with Crippen LogP contribution < -0.4 is 10.6 Å². The van der Waals surface area contributed by atoms with Gasteiger partial charge in [-0.15, -0.1) is 0 Å². The van der Waals surface area contributed by atoms with Crippen molar-refractivity contribution in [2.24, 2.45) is 0 Å². The first-order valence-electron chi connectivity index (χ1n) is 12.0. The number of thioether (sulfide) groups is 1. The highest BCUT2D eigenvalue weighted by Gasteiger charge is 2.44. The molecule has 1 aromatic carbocycles. The Balaban J connectivity index is 2.45. The summed E-state index contributed by atoms with van der Waals surface area (Å²) >= 11 is 1.60. The monoisotopic (exact) mass is 491 g/mol. The van der Waals surface area contributed by atoms with E-state index in [0.29, 0.717) is 12.2 Å². The minimum absolute atomic E-state index is 0.0340. The van der Waals surface area contributed by atoms with Gasteiger partial charge in [0.2, 0.25) is 11.8 Å². The van der Waals surface area contributed by atoms with Crippen LogP contribution in [0.2, 0.25) is 0 Å². The second-order valence-corrected chi connectivity index (χ2v) is 11.4. The number of amides is 3. The highest BCUT2D eigenvalue weighted by Crippen LogP contribution is 2.37. The molecule has 1 aliphatic carbocycles. The van der Waals surface area contributed by atoms with Crippen molar-refractivity contribution in [1.29, 1.82) is 0 Å². The van der Waals surface area contributed by atoms with Crippen LogP contribution in [-0.2, 0) is 14.3 Å². The zero-order valence-corrected chi connectivity index (χ0v) is 22.7. The average molecular weight is 492 g/mol. The summed E-state index contributed by atoms with van der Waals surface area (Å²) in [5.41, 5.74) is 2.19. The number of nitrogens with one attached hydrogen (secondary N) is 2. The number of aryl methyl sites for hydroxylation is 2. The van der Waals surface area contributed by atoms with E-state index in [9.17, 15) is 14.4 Å². The molecule has 1 aliphatic rings. The van der Waals surface area contributed by atoms with Gasteiger partial charge in [0.25, 0.3) is 0 Å². The van der Waals surface area contributed by atoms with Crippen molar-refractivity contribution in [3.05, 3.63) is 34.9 Å². The van der Waals surface area contributed by atoms with E-state index < -0.39 is 23.8 Å². The first kappa shape index (κ1) is 28.0. The second kappa shape index (κ2) is 12.0. The van der Waals surface area contributed by atoms with Crippen molar-refractivity contribution in [2.45, 2.75) is 97.5 Å². The zero-order chi connectivity index (χ0) is 25.6. The lowest BCUT2D eigenvalue weighted by atomic mass is 9.96. The highest BCUT2D eigenvalue weighted by atomic mass is 32.2. The number of rotatable bonds is 10. The lowest BCUT2D eigenvalue weighted by Crippen LogP contribution is -2.54. The molecule has 3 amide bonds. The molecule has 2 atom stereocenters. The quantitative estimate of drug-likeness (QED) is 0.503. The second-order valence-electron chi connectivity index (χ2n) is 10.4. The van der Waals surface area contributed by atoms with Crippen molar-refractivity contribution < 1.29 is 19.1 Å². The third-order valence-corrected chi connectivity index (χ3v) is 6.12. The lowest BCUT2D eigenvalue weighted by Gasteiger charge is -2.35. The van der Waals surface area contributed by atoms with E-state index in [1.807, 2.05) is 52.1 Å². The average Bonchev–Trinajstić information content (AvgIpc) is 3.52. The van der Waals surface area contributed by atoms with Crippen LogP contribution in [0, 0.1) is 13.8 Å². The third-order valence-electron chi connectivity index (χ3n) is 5.47. The first-order chi connectivity index (χ1) is 15.8. The molecule has 7 nitrogen and oxygen atoms in total. The molecular formula is C26H41N3O4S. The maximum Gasteiger partial charge on any atom is 0.408 e. The van der Waals surface area contributed by atoms with Gasteiger partial charge in [-0.3, -0.25) is 9.59 Å². The van der Waals surface area contributed by atoms with E-state index in [1.165, 1.54) is 0 Å². The summed E-state index contributed by atoms with van der Waals surface area (Å²) in [5.74, 6) is 0.242. The first-order valence-corrected chi connectivity index (χ1v) is 13.4. The predicted molar refractivity (Wildman–Crippen MR) is 138 cm³/mol. The molecule has 0 radical (unpaired) electrons. The summed E-state index contributed by atoms with van der Waals surface area (Å²) in [6, 6.07) is 4.30. The number of nitrogens with zero attached hydrogens (tertiary/aromatic N) is 1. The van der Waals surface area contributed by atoms with Crippen molar-refractivity contribution in [3.8, 4) is 0 Å². The summed E-state index contributed by atoms with van der Waals surface area (Å²) in [6.45, 7) is 13.2. The van der Waals surface area contributed by atoms with Gasteiger partial charge >= 0.3 is 6.09 Å². The Morgan fingerprint density at radius 3 is 2.29 bits per heavy atom. The highest BCUT2D eigenvalue weighted by molar-refractivity contribution is 7.98. The molecule has 2 N–H and O–H groups in total. The maximum absolute atomic E-state index is 14.0. The van der Waals surface area contributed by atoms with Crippen LogP contribution in [0.4, 0.5) is 4.79 Å². The van der Waals surface area contributed by atoms with Gasteiger partial charge in [0.05, 0.1) is 0 Å². The van der Waals surface area contributed by atoms with Gasteiger partial charge in [-0.2, -0.15) is 11.8 Å². The molecule has 1 fully saturated rings. The summed E-state index contributed by atoms with van der Waals surface area (Å²) in [7, 11) is 0. The third kappa shape index (κ3) is 8.22. The van der Waals surface area contributed by atoms with Crippen LogP contribution in [0.5, 0.6) is 0 Å². The molecule has 0 heterocycles. The van der Waals surface area contributed by atoms with Gasteiger partial charge in [-0.25, -0.2) is 4.79 Å². The topological polar surface area (TPSA) is 87.7 Å². The Bertz CT molecular complexity index is 877. The van der Waals surface area contributed by atoms with Crippen LogP contribution in [0.25, 0.3) is 0 Å². The molecule has 8 heteroatoms. The molecule has 190 valence electrons. The van der Waals surface area contributed by atoms with Gasteiger partial charge in [-0.05, 0) is 90.9 Å². The molecular weight excluding hydrogens is 450 g/mol. The number of hydrogen-bond donors (Lipinski definition) is 2. The van der Waals surface area contributed by atoms with E-state index in [-0.39, 0.29) is 23.9 Å². The van der Waals surface area contributed by atoms with E-state index in [2.05, 4.69) is 10.6 Å². The molecule has 34 heavy (non-hydrogen) atoms. The van der Waals surface area contributed by atoms with Crippen LogP contribution in [-0.4, -0.2) is 58.5 Å². The zero-order valence-electron chi connectivity index (χ0n) is 21.9. The standard InChI is InChI=1S/C26H41N3O4S/c1-16(2)27-23(30)22(20-12-9-17(3)15-18(20)4)29(19-10-11-19)24(31)21(13-14-34-8)28-25(32)33-26(5,6)7/h9,12,15-16,19,21-22H,10-11,13-14H2,1-8H3,(H,27,30)(H,28,32). The number of ether oxygens (including phenoxy) is 1. The molecule has 0 saturated heterocycles. The van der Waals surface area contributed by atoms with Gasteiger partial charge in [0.1, 0.15) is 17.7 Å². The Morgan fingerprint density at radius 1 is 1.15 bits per heavy atom. The predicted octanol–water partition coefficient (Wildman–Crippen LogP) is 4.51. The number of alkyl carbamates (subject to hydrolysis) is 1. The Morgan fingerprint density at radius 2 is 1.79 bits per heavy atom. The molecule has 1 aromatic rings. The molecule has 0 spiro atoms. The van der Waals surface area contributed by atoms with Gasteiger partial charge in [0.15, 0.2) is 0 Å². The summed E-state index contributed by atoms with van der Waals surface area (Å²) < 4.78 is 5.42. The van der Waals surface area contributed by atoms with E-state index in [0.717, 1.165) is 29.5 Å². The summed E-state index contributed by atoms with van der Waals surface area (Å²) in [4.78, 5) is 41.7. The normalized spacial score (nSPS) is 15.4. The maximum atomic E-state index is 14.0. The van der Waals surface area contributed by atoms with Crippen LogP contribution in [0.15, 0.2) is 18.2 Å². The lowest BCUT2D eigenvalue weighted by molar-refractivity contribution is -0.143. The number of hydrogen-bond acceptors (Lipinski definition) is 5. The van der Waals surface area contributed by atoms with Crippen LogP contribution in [0.3, 0.4) is 0 Å². The minimum Gasteiger partial charge on any atom is -0.444 e. The van der Waals surface area contributed by atoms with E-state index >= 15 is 0 Å². The fourth-order valence-electron chi connectivity index (χ4n) is 3.91. The van der Waals surface area contributed by atoms with Gasteiger partial charge in [0, 0.05) is 12.1 Å². The molecule has 0 bridgehead atoms. The summed E-state index contributed by atoms with van der Waals surface area (Å²) in [5, 5.41) is 5.79. The molecule has 2 rings (SSSR count). The van der Waals surface area contributed by atoms with Gasteiger partial charge in [-0.1, -0.05) is 23.8 Å². The fraction of sp³-hybridized carbons (Fsp3) is 0.654. The fourth-order valence-corrected chi connectivity index (χ4v) is 4.38. The van der Waals surface area contributed by atoms with E-state index in [4.69, 9.17) is 4.74 Å². The largest absolute Gasteiger partial charge is 0.444 e. The molecule has 2 unspecified atom stereocenters. The Hall–Kier alpha value is -2.22. The number of carbonyl (C=O) groups is 3. The molecule has 0 aliphatic heterocycles. The molecule has 0 aromatic heterocycles. The minimum atomic E-state index is -0.775. The van der Waals surface area contributed by atoms with Crippen LogP contribution >= 0.6 is 11.8 Å². The smallest absolute Gasteiger partial charge is 0.408 e. The van der Waals surface area contributed by atoms with Crippen LogP contribution in [0.1, 0.15) is 76.6 Å². The van der Waals surface area contributed by atoms with Crippen molar-refractivity contribution in [1.82, 2.24) is 15.5 Å².